The molecule has 2 aromatic heterocycles. The Bertz CT molecular complexity index is 1280. The first-order chi connectivity index (χ1) is 16.1. The molecule has 5 rings (SSSR count). The monoisotopic (exact) mass is 460 g/mol. The molecule has 0 spiro atoms. The second kappa shape index (κ2) is 9.21. The Morgan fingerprint density at radius 1 is 1.03 bits per heavy atom. The molecule has 0 atom stereocenters. The maximum Gasteiger partial charge on any atom is 0.321 e. The SMILES string of the molecule is Cc1ccc(Cl)cc1NC(=O)N1CCN(Cc2nc3cccnc3n2-c2ccccc2)CC1. The van der Waals surface area contributed by atoms with Crippen LogP contribution in [0.1, 0.15) is 11.4 Å². The Balaban J connectivity index is 1.28. The summed E-state index contributed by atoms with van der Waals surface area (Å²) < 4.78 is 2.12. The Kier molecular flexibility index (Phi) is 5.98. The molecule has 33 heavy (non-hydrogen) atoms. The van der Waals surface area contributed by atoms with Gasteiger partial charge in [0.2, 0.25) is 0 Å². The lowest BCUT2D eigenvalue weighted by Crippen LogP contribution is -2.49. The zero-order valence-corrected chi connectivity index (χ0v) is 19.2. The first-order valence-corrected chi connectivity index (χ1v) is 11.4. The number of nitrogens with zero attached hydrogens (tertiary/aromatic N) is 5. The number of hydrogen-bond acceptors (Lipinski definition) is 4. The highest BCUT2D eigenvalue weighted by atomic mass is 35.5. The van der Waals surface area contributed by atoms with Crippen molar-refractivity contribution in [3.05, 3.63) is 83.3 Å². The van der Waals surface area contributed by atoms with Gasteiger partial charge in [-0.3, -0.25) is 9.47 Å². The van der Waals surface area contributed by atoms with E-state index in [0.29, 0.717) is 24.7 Å². The Morgan fingerprint density at radius 3 is 2.61 bits per heavy atom. The number of nitrogens with one attached hydrogen (secondary N) is 1. The van der Waals surface area contributed by atoms with Crippen molar-refractivity contribution in [1.29, 1.82) is 0 Å². The highest BCUT2D eigenvalue weighted by Gasteiger charge is 2.24. The van der Waals surface area contributed by atoms with E-state index >= 15 is 0 Å². The molecule has 168 valence electrons. The number of pyridine rings is 1. The van der Waals surface area contributed by atoms with E-state index in [-0.39, 0.29) is 6.03 Å². The first kappa shape index (κ1) is 21.4. The third-order valence-electron chi connectivity index (χ3n) is 5.97. The summed E-state index contributed by atoms with van der Waals surface area (Å²) in [5.41, 5.74) is 4.52. The van der Waals surface area contributed by atoms with Gasteiger partial charge in [0.25, 0.3) is 0 Å². The predicted molar refractivity (Wildman–Crippen MR) is 131 cm³/mol. The number of anilines is 1. The van der Waals surface area contributed by atoms with E-state index in [4.69, 9.17) is 16.6 Å². The fourth-order valence-electron chi connectivity index (χ4n) is 4.15. The van der Waals surface area contributed by atoms with Crippen LogP contribution in [-0.2, 0) is 6.54 Å². The Hall–Kier alpha value is -3.42. The number of aromatic nitrogens is 3. The molecule has 0 radical (unpaired) electrons. The molecule has 0 bridgehead atoms. The van der Waals surface area contributed by atoms with E-state index in [2.05, 4.69) is 31.9 Å². The average Bonchev–Trinajstić information content (AvgIpc) is 3.20. The summed E-state index contributed by atoms with van der Waals surface area (Å²) >= 11 is 6.08. The molecule has 0 unspecified atom stereocenters. The van der Waals surface area contributed by atoms with Crippen LogP contribution in [0.25, 0.3) is 16.9 Å². The van der Waals surface area contributed by atoms with Crippen molar-refractivity contribution in [2.45, 2.75) is 13.5 Å². The second-order valence-corrected chi connectivity index (χ2v) is 8.63. The molecule has 8 heteroatoms. The topological polar surface area (TPSA) is 66.3 Å². The van der Waals surface area contributed by atoms with E-state index < -0.39 is 0 Å². The molecule has 1 N–H and O–H groups in total. The van der Waals surface area contributed by atoms with Crippen molar-refractivity contribution < 1.29 is 4.79 Å². The van der Waals surface area contributed by atoms with Crippen molar-refractivity contribution in [3.63, 3.8) is 0 Å². The van der Waals surface area contributed by atoms with Crippen molar-refractivity contribution in [1.82, 2.24) is 24.3 Å². The number of benzene rings is 2. The van der Waals surface area contributed by atoms with Gasteiger partial charge in [0.15, 0.2) is 5.65 Å². The lowest BCUT2D eigenvalue weighted by atomic mass is 10.2. The lowest BCUT2D eigenvalue weighted by Gasteiger charge is -2.34. The van der Waals surface area contributed by atoms with Crippen LogP contribution < -0.4 is 5.32 Å². The quantitative estimate of drug-likeness (QED) is 0.478. The molecule has 1 fully saturated rings. The van der Waals surface area contributed by atoms with Gasteiger partial charge in [-0.2, -0.15) is 0 Å². The normalized spacial score (nSPS) is 14.5. The summed E-state index contributed by atoms with van der Waals surface area (Å²) in [5, 5.41) is 3.60. The van der Waals surface area contributed by atoms with Crippen molar-refractivity contribution in [3.8, 4) is 5.69 Å². The zero-order chi connectivity index (χ0) is 22.8. The third kappa shape index (κ3) is 4.55. The highest BCUT2D eigenvalue weighted by Crippen LogP contribution is 2.23. The molecular formula is C25H25ClN6O. The Morgan fingerprint density at radius 2 is 1.82 bits per heavy atom. The summed E-state index contributed by atoms with van der Waals surface area (Å²) in [4.78, 5) is 26.4. The van der Waals surface area contributed by atoms with Crippen LogP contribution in [0, 0.1) is 6.92 Å². The second-order valence-electron chi connectivity index (χ2n) is 8.20. The molecular weight excluding hydrogens is 436 g/mol. The van der Waals surface area contributed by atoms with E-state index in [1.165, 1.54) is 0 Å². The molecule has 1 aliphatic heterocycles. The molecule has 3 heterocycles. The number of imidazole rings is 1. The number of amides is 2. The lowest BCUT2D eigenvalue weighted by molar-refractivity contribution is 0.140. The van der Waals surface area contributed by atoms with E-state index in [1.54, 1.807) is 12.3 Å². The van der Waals surface area contributed by atoms with Crippen LogP contribution in [0.15, 0.2) is 66.9 Å². The summed E-state index contributed by atoms with van der Waals surface area (Å²) in [6, 6.07) is 19.5. The number of fused-ring (bicyclic) bond motifs is 1. The molecule has 1 saturated heterocycles. The first-order valence-electron chi connectivity index (χ1n) is 11.0. The number of rotatable bonds is 4. The fourth-order valence-corrected chi connectivity index (χ4v) is 4.32. The molecule has 1 aliphatic rings. The number of hydrogen-bond donors (Lipinski definition) is 1. The molecule has 2 aromatic carbocycles. The van der Waals surface area contributed by atoms with Crippen LogP contribution in [0.2, 0.25) is 5.02 Å². The number of piperazine rings is 1. The minimum absolute atomic E-state index is 0.0965. The van der Waals surface area contributed by atoms with Gasteiger partial charge in [-0.05, 0) is 48.9 Å². The van der Waals surface area contributed by atoms with Gasteiger partial charge in [-0.15, -0.1) is 0 Å². The highest BCUT2D eigenvalue weighted by molar-refractivity contribution is 6.31. The molecule has 2 amide bonds. The van der Waals surface area contributed by atoms with E-state index in [0.717, 1.165) is 47.0 Å². The number of para-hydroxylation sites is 1. The van der Waals surface area contributed by atoms with Crippen LogP contribution in [-0.4, -0.2) is 56.5 Å². The maximum absolute atomic E-state index is 12.8. The van der Waals surface area contributed by atoms with Crippen molar-refractivity contribution in [2.75, 3.05) is 31.5 Å². The fraction of sp³-hybridized carbons (Fsp3) is 0.240. The zero-order valence-electron chi connectivity index (χ0n) is 18.4. The minimum atomic E-state index is -0.0965. The molecule has 7 nitrogen and oxygen atoms in total. The standard InChI is InChI=1S/C25H25ClN6O/c1-18-9-10-19(26)16-22(18)29-25(33)31-14-12-30(13-15-31)17-23-28-21-8-5-11-27-24(21)32(23)20-6-3-2-4-7-20/h2-11,16H,12-15,17H2,1H3,(H,29,33). The summed E-state index contributed by atoms with van der Waals surface area (Å²) in [7, 11) is 0. The predicted octanol–water partition coefficient (Wildman–Crippen LogP) is 4.73. The largest absolute Gasteiger partial charge is 0.322 e. The van der Waals surface area contributed by atoms with Gasteiger partial charge < -0.3 is 10.2 Å². The summed E-state index contributed by atoms with van der Waals surface area (Å²) in [6.45, 7) is 5.48. The number of carbonyl (C=O) groups excluding carboxylic acids is 1. The third-order valence-corrected chi connectivity index (χ3v) is 6.20. The van der Waals surface area contributed by atoms with Gasteiger partial charge in [0.05, 0.1) is 6.54 Å². The van der Waals surface area contributed by atoms with Crippen LogP contribution in [0.4, 0.5) is 10.5 Å². The number of carbonyl (C=O) groups is 1. The Labute approximate surface area is 197 Å². The van der Waals surface area contributed by atoms with Gasteiger partial charge in [0, 0.05) is 48.8 Å². The van der Waals surface area contributed by atoms with Gasteiger partial charge in [-0.25, -0.2) is 14.8 Å². The van der Waals surface area contributed by atoms with E-state index in [1.807, 2.05) is 54.3 Å². The number of aryl methyl sites for hydroxylation is 1. The van der Waals surface area contributed by atoms with Crippen LogP contribution in [0.3, 0.4) is 0 Å². The molecule has 4 aromatic rings. The summed E-state index contributed by atoms with van der Waals surface area (Å²) in [5.74, 6) is 0.947. The van der Waals surface area contributed by atoms with Gasteiger partial charge in [-0.1, -0.05) is 35.9 Å². The minimum Gasteiger partial charge on any atom is -0.322 e. The van der Waals surface area contributed by atoms with E-state index in [9.17, 15) is 4.79 Å². The molecule has 0 saturated carbocycles. The van der Waals surface area contributed by atoms with Crippen LogP contribution >= 0.6 is 11.6 Å². The van der Waals surface area contributed by atoms with Crippen molar-refractivity contribution in [2.24, 2.45) is 0 Å². The maximum atomic E-state index is 12.8. The number of urea groups is 1. The summed E-state index contributed by atoms with van der Waals surface area (Å²) in [6.07, 6.45) is 1.80. The molecule has 0 aliphatic carbocycles. The van der Waals surface area contributed by atoms with Crippen molar-refractivity contribution >= 4 is 34.5 Å². The van der Waals surface area contributed by atoms with Crippen LogP contribution in [0.5, 0.6) is 0 Å². The van der Waals surface area contributed by atoms with Gasteiger partial charge >= 0.3 is 6.03 Å². The average molecular weight is 461 g/mol. The van der Waals surface area contributed by atoms with Gasteiger partial charge in [0.1, 0.15) is 11.3 Å². The number of halogens is 1. The smallest absolute Gasteiger partial charge is 0.321 e.